The summed E-state index contributed by atoms with van der Waals surface area (Å²) in [6.07, 6.45) is 8.75. The van der Waals surface area contributed by atoms with Gasteiger partial charge in [-0.3, -0.25) is 4.79 Å². The number of piperidine rings is 1. The minimum Gasteiger partial charge on any atom is -0.348 e. The van der Waals surface area contributed by atoms with Crippen molar-refractivity contribution in [2.24, 2.45) is 7.05 Å². The van der Waals surface area contributed by atoms with Crippen molar-refractivity contribution in [1.82, 2.24) is 14.2 Å². The van der Waals surface area contributed by atoms with Crippen LogP contribution < -0.4 is 5.32 Å². The van der Waals surface area contributed by atoms with Gasteiger partial charge in [0.15, 0.2) is 0 Å². The molecule has 2 fully saturated rings. The van der Waals surface area contributed by atoms with Gasteiger partial charge in [-0.2, -0.15) is 4.31 Å². The lowest BCUT2D eigenvalue weighted by Gasteiger charge is -2.25. The molecule has 0 unspecified atom stereocenters. The smallest absolute Gasteiger partial charge is 0.268 e. The highest BCUT2D eigenvalue weighted by Crippen LogP contribution is 2.23. The van der Waals surface area contributed by atoms with Gasteiger partial charge in [0.1, 0.15) is 10.6 Å². The van der Waals surface area contributed by atoms with Crippen molar-refractivity contribution in [1.29, 1.82) is 0 Å². The Morgan fingerprint density at radius 2 is 1.78 bits per heavy atom. The number of rotatable bonds is 4. The molecule has 23 heavy (non-hydrogen) atoms. The van der Waals surface area contributed by atoms with Gasteiger partial charge in [0.25, 0.3) is 5.91 Å². The maximum atomic E-state index is 12.7. The Kier molecular flexibility index (Phi) is 4.77. The van der Waals surface area contributed by atoms with Crippen LogP contribution in [-0.4, -0.2) is 42.3 Å². The zero-order valence-corrected chi connectivity index (χ0v) is 14.4. The molecule has 1 aromatic heterocycles. The molecule has 1 aliphatic heterocycles. The first-order valence-corrected chi connectivity index (χ1v) is 9.90. The van der Waals surface area contributed by atoms with Gasteiger partial charge in [-0.05, 0) is 31.7 Å². The van der Waals surface area contributed by atoms with E-state index in [1.54, 1.807) is 17.8 Å². The molecule has 0 spiro atoms. The summed E-state index contributed by atoms with van der Waals surface area (Å²) in [5.41, 5.74) is 0.410. The van der Waals surface area contributed by atoms with E-state index in [9.17, 15) is 13.2 Å². The van der Waals surface area contributed by atoms with E-state index in [2.05, 4.69) is 5.32 Å². The lowest BCUT2D eigenvalue weighted by molar-refractivity contribution is 0.0929. The second-order valence-corrected chi connectivity index (χ2v) is 8.53. The number of sulfonamides is 1. The molecule has 1 aliphatic carbocycles. The van der Waals surface area contributed by atoms with E-state index in [0.717, 1.165) is 44.9 Å². The fourth-order valence-corrected chi connectivity index (χ4v) is 5.07. The van der Waals surface area contributed by atoms with Crippen molar-refractivity contribution in [3.63, 3.8) is 0 Å². The van der Waals surface area contributed by atoms with Gasteiger partial charge < -0.3 is 9.88 Å². The summed E-state index contributed by atoms with van der Waals surface area (Å²) in [5.74, 6) is -0.181. The van der Waals surface area contributed by atoms with Gasteiger partial charge in [0.05, 0.1) is 0 Å². The fraction of sp³-hybridized carbons (Fsp3) is 0.688. The maximum absolute atomic E-state index is 12.7. The van der Waals surface area contributed by atoms with Gasteiger partial charge in [-0.25, -0.2) is 8.42 Å². The Morgan fingerprint density at radius 3 is 2.43 bits per heavy atom. The van der Waals surface area contributed by atoms with Crippen molar-refractivity contribution in [2.45, 2.75) is 55.9 Å². The minimum atomic E-state index is -3.49. The van der Waals surface area contributed by atoms with Crippen LogP contribution in [0.5, 0.6) is 0 Å². The van der Waals surface area contributed by atoms with Crippen LogP contribution in [0.15, 0.2) is 17.2 Å². The highest BCUT2D eigenvalue weighted by Gasteiger charge is 2.29. The Hall–Kier alpha value is -1.34. The third kappa shape index (κ3) is 3.45. The molecule has 2 heterocycles. The zero-order valence-electron chi connectivity index (χ0n) is 13.6. The summed E-state index contributed by atoms with van der Waals surface area (Å²) in [4.78, 5) is 12.6. The zero-order chi connectivity index (χ0) is 16.4. The summed E-state index contributed by atoms with van der Waals surface area (Å²) in [7, 11) is -1.77. The molecule has 7 heteroatoms. The van der Waals surface area contributed by atoms with Crippen molar-refractivity contribution in [2.75, 3.05) is 13.1 Å². The Labute approximate surface area is 137 Å². The van der Waals surface area contributed by atoms with Crippen LogP contribution in [0.1, 0.15) is 55.4 Å². The topological polar surface area (TPSA) is 71.4 Å². The quantitative estimate of drug-likeness (QED) is 0.910. The van der Waals surface area contributed by atoms with Crippen LogP contribution in [0.2, 0.25) is 0 Å². The van der Waals surface area contributed by atoms with Crippen molar-refractivity contribution in [3.05, 3.63) is 18.0 Å². The van der Waals surface area contributed by atoms with E-state index in [1.165, 1.54) is 10.4 Å². The molecule has 0 bridgehead atoms. The van der Waals surface area contributed by atoms with E-state index < -0.39 is 10.0 Å². The first-order valence-electron chi connectivity index (χ1n) is 8.46. The van der Waals surface area contributed by atoms with Crippen molar-refractivity contribution >= 4 is 15.9 Å². The largest absolute Gasteiger partial charge is 0.348 e. The van der Waals surface area contributed by atoms with Gasteiger partial charge in [0.2, 0.25) is 10.0 Å². The number of hydrogen-bond acceptors (Lipinski definition) is 3. The van der Waals surface area contributed by atoms with Crippen LogP contribution in [-0.2, 0) is 17.1 Å². The SMILES string of the molecule is Cn1cc(S(=O)(=O)N2CCCCC2)cc1C(=O)NC1CCCC1. The number of amides is 1. The molecule has 0 aromatic carbocycles. The van der Waals surface area contributed by atoms with E-state index in [1.807, 2.05) is 0 Å². The predicted molar refractivity (Wildman–Crippen MR) is 87.7 cm³/mol. The molecule has 6 nitrogen and oxygen atoms in total. The molecule has 128 valence electrons. The second-order valence-electron chi connectivity index (χ2n) is 6.59. The van der Waals surface area contributed by atoms with Crippen LogP contribution in [0.25, 0.3) is 0 Å². The number of carbonyl (C=O) groups is 1. The van der Waals surface area contributed by atoms with E-state index in [4.69, 9.17) is 0 Å². The van der Waals surface area contributed by atoms with Crippen LogP contribution in [0.4, 0.5) is 0 Å². The summed E-state index contributed by atoms with van der Waals surface area (Å²) in [5, 5.41) is 3.01. The molecule has 1 saturated carbocycles. The first-order chi connectivity index (χ1) is 11.0. The molecular formula is C16H25N3O3S. The van der Waals surface area contributed by atoms with Crippen molar-refractivity contribution in [3.8, 4) is 0 Å². The Balaban J connectivity index is 1.78. The highest BCUT2D eigenvalue weighted by molar-refractivity contribution is 7.89. The number of aryl methyl sites for hydroxylation is 1. The molecular weight excluding hydrogens is 314 g/mol. The first kappa shape index (κ1) is 16.5. The molecule has 0 radical (unpaired) electrons. The summed E-state index contributed by atoms with van der Waals surface area (Å²) in [6.45, 7) is 1.14. The number of carbonyl (C=O) groups excluding carboxylic acids is 1. The second kappa shape index (κ2) is 6.65. The van der Waals surface area contributed by atoms with E-state index >= 15 is 0 Å². The molecule has 2 aliphatic rings. The van der Waals surface area contributed by atoms with Crippen molar-refractivity contribution < 1.29 is 13.2 Å². The van der Waals surface area contributed by atoms with E-state index in [0.29, 0.717) is 18.8 Å². The third-order valence-electron chi connectivity index (χ3n) is 4.86. The van der Waals surface area contributed by atoms with Gasteiger partial charge in [0, 0.05) is 32.4 Å². The van der Waals surface area contributed by atoms with Crippen LogP contribution in [0, 0.1) is 0 Å². The molecule has 0 atom stereocenters. The summed E-state index contributed by atoms with van der Waals surface area (Å²) in [6, 6.07) is 1.73. The number of nitrogens with zero attached hydrogens (tertiary/aromatic N) is 2. The van der Waals surface area contributed by atoms with Gasteiger partial charge in [-0.1, -0.05) is 19.3 Å². The average molecular weight is 339 g/mol. The standard InChI is InChI=1S/C16H25N3O3S/c1-18-12-14(23(21,22)19-9-5-2-6-10-19)11-15(18)16(20)17-13-7-3-4-8-13/h11-13H,2-10H2,1H3,(H,17,20). The van der Waals surface area contributed by atoms with E-state index in [-0.39, 0.29) is 16.8 Å². The number of nitrogens with one attached hydrogen (secondary N) is 1. The highest BCUT2D eigenvalue weighted by atomic mass is 32.2. The number of hydrogen-bond donors (Lipinski definition) is 1. The molecule has 1 aromatic rings. The van der Waals surface area contributed by atoms with Gasteiger partial charge >= 0.3 is 0 Å². The Morgan fingerprint density at radius 1 is 1.13 bits per heavy atom. The van der Waals surface area contributed by atoms with Crippen LogP contribution >= 0.6 is 0 Å². The lowest BCUT2D eigenvalue weighted by atomic mass is 10.2. The van der Waals surface area contributed by atoms with Gasteiger partial charge in [-0.15, -0.1) is 0 Å². The molecule has 1 N–H and O–H groups in total. The third-order valence-corrected chi connectivity index (χ3v) is 6.72. The lowest BCUT2D eigenvalue weighted by Crippen LogP contribution is -2.35. The normalized spacial score (nSPS) is 20.7. The summed E-state index contributed by atoms with van der Waals surface area (Å²) < 4.78 is 28.5. The molecule has 3 rings (SSSR count). The monoisotopic (exact) mass is 339 g/mol. The molecule has 1 amide bonds. The number of aromatic nitrogens is 1. The maximum Gasteiger partial charge on any atom is 0.268 e. The Bertz CT molecular complexity index is 669. The average Bonchev–Trinajstić information content (AvgIpc) is 3.18. The fourth-order valence-electron chi connectivity index (χ4n) is 3.48. The van der Waals surface area contributed by atoms with Crippen LogP contribution in [0.3, 0.4) is 0 Å². The predicted octanol–water partition coefficient (Wildman–Crippen LogP) is 1.87. The summed E-state index contributed by atoms with van der Waals surface area (Å²) >= 11 is 0. The molecule has 1 saturated heterocycles. The minimum absolute atomic E-state index is 0.181.